The van der Waals surface area contributed by atoms with Crippen LogP contribution in [0.15, 0.2) is 59.4 Å². The van der Waals surface area contributed by atoms with Gasteiger partial charge in [0.1, 0.15) is 0 Å². The Hall–Kier alpha value is -3.45. The van der Waals surface area contributed by atoms with Crippen molar-refractivity contribution in [3.63, 3.8) is 0 Å². The number of aromatic nitrogens is 4. The van der Waals surface area contributed by atoms with E-state index in [9.17, 15) is 9.59 Å². The lowest BCUT2D eigenvalue weighted by molar-refractivity contribution is 0.102. The van der Waals surface area contributed by atoms with Gasteiger partial charge in [0.2, 0.25) is 5.95 Å². The van der Waals surface area contributed by atoms with Crippen molar-refractivity contribution in [3.05, 3.63) is 92.4 Å². The Bertz CT molecular complexity index is 1230. The van der Waals surface area contributed by atoms with E-state index in [1.807, 2.05) is 30.3 Å². The topological polar surface area (TPSA) is 92.2 Å². The molecule has 0 aliphatic heterocycles. The molecule has 2 N–H and O–H groups in total. The van der Waals surface area contributed by atoms with Gasteiger partial charge in [-0.05, 0) is 30.7 Å². The molecule has 0 unspecified atom stereocenters. The molecule has 0 saturated heterocycles. The highest BCUT2D eigenvalue weighted by Gasteiger charge is 2.15. The maximum absolute atomic E-state index is 12.9. The number of hydrogen-bond donors (Lipinski definition) is 2. The van der Waals surface area contributed by atoms with Gasteiger partial charge >= 0.3 is 0 Å². The number of carbonyl (C=O) groups excluding carboxylic acids is 1. The smallest absolute Gasteiger partial charge is 0.277 e. The van der Waals surface area contributed by atoms with Crippen LogP contribution in [0.4, 0.5) is 5.95 Å². The molecule has 28 heavy (non-hydrogen) atoms. The molecule has 2 aromatic heterocycles. The molecule has 0 aliphatic rings. The number of nitrogens with one attached hydrogen (secondary N) is 2. The van der Waals surface area contributed by atoms with Gasteiger partial charge in [0, 0.05) is 22.6 Å². The van der Waals surface area contributed by atoms with Crippen LogP contribution in [0.25, 0.3) is 5.78 Å². The first-order valence-corrected chi connectivity index (χ1v) is 8.98. The molecule has 0 radical (unpaired) electrons. The Labute approximate surface area is 165 Å². The highest BCUT2D eigenvalue weighted by molar-refractivity contribution is 6.31. The van der Waals surface area contributed by atoms with E-state index >= 15 is 0 Å². The van der Waals surface area contributed by atoms with Crippen LogP contribution in [0.5, 0.6) is 0 Å². The van der Waals surface area contributed by atoms with Crippen LogP contribution in [-0.4, -0.2) is 25.5 Å². The minimum atomic E-state index is -0.393. The summed E-state index contributed by atoms with van der Waals surface area (Å²) in [6.45, 7) is 1.78. The molecule has 2 aromatic carbocycles. The molecule has 2 heterocycles. The molecule has 0 aliphatic carbocycles. The second kappa shape index (κ2) is 7.28. The van der Waals surface area contributed by atoms with Gasteiger partial charge in [-0.2, -0.15) is 9.50 Å². The Kier molecular flexibility index (Phi) is 4.67. The third-order valence-electron chi connectivity index (χ3n) is 4.34. The van der Waals surface area contributed by atoms with E-state index in [2.05, 4.69) is 20.4 Å². The number of hydrogen-bond acceptors (Lipinski definition) is 4. The molecule has 0 atom stereocenters. The Morgan fingerprint density at radius 2 is 1.93 bits per heavy atom. The fraction of sp³-hybridized carbons (Fsp3) is 0.100. The van der Waals surface area contributed by atoms with Gasteiger partial charge in [-0.15, -0.1) is 0 Å². The molecule has 4 aromatic rings. The van der Waals surface area contributed by atoms with E-state index in [4.69, 9.17) is 11.6 Å². The van der Waals surface area contributed by atoms with E-state index in [-0.39, 0.29) is 17.3 Å². The number of anilines is 1. The summed E-state index contributed by atoms with van der Waals surface area (Å²) in [5.41, 5.74) is 2.32. The van der Waals surface area contributed by atoms with Gasteiger partial charge in [-0.25, -0.2) is 4.98 Å². The summed E-state index contributed by atoms with van der Waals surface area (Å²) in [5, 5.41) is 5.88. The van der Waals surface area contributed by atoms with Crippen LogP contribution in [0, 0.1) is 6.92 Å². The predicted molar refractivity (Wildman–Crippen MR) is 107 cm³/mol. The summed E-state index contributed by atoms with van der Waals surface area (Å²) < 4.78 is 1.23. The van der Waals surface area contributed by atoms with Crippen LogP contribution < -0.4 is 10.9 Å². The molecule has 1 amide bonds. The SMILES string of the molecule is Cc1nc2nc(NC(=O)c3cccc(Cl)c3)[nH]n2c(=O)c1Cc1ccccc1. The summed E-state index contributed by atoms with van der Waals surface area (Å²) >= 11 is 5.92. The second-order valence-electron chi connectivity index (χ2n) is 6.32. The largest absolute Gasteiger partial charge is 0.291 e. The minimum absolute atomic E-state index is 0.130. The fourth-order valence-electron chi connectivity index (χ4n) is 2.92. The summed E-state index contributed by atoms with van der Waals surface area (Å²) in [4.78, 5) is 33.9. The molecule has 0 bridgehead atoms. The zero-order valence-corrected chi connectivity index (χ0v) is 15.7. The van der Waals surface area contributed by atoms with E-state index in [0.29, 0.717) is 28.3 Å². The number of amides is 1. The number of rotatable bonds is 4. The molecule has 8 heteroatoms. The van der Waals surface area contributed by atoms with Crippen LogP contribution >= 0.6 is 11.6 Å². The minimum Gasteiger partial charge on any atom is -0.291 e. The van der Waals surface area contributed by atoms with Crippen molar-refractivity contribution in [1.29, 1.82) is 0 Å². The van der Waals surface area contributed by atoms with Gasteiger partial charge in [-0.1, -0.05) is 48.0 Å². The average molecular weight is 394 g/mol. The monoisotopic (exact) mass is 393 g/mol. The summed E-state index contributed by atoms with van der Waals surface area (Å²) in [5.74, 6) is -0.0672. The zero-order valence-electron chi connectivity index (χ0n) is 14.9. The molecule has 0 saturated carbocycles. The number of fused-ring (bicyclic) bond motifs is 1. The van der Waals surface area contributed by atoms with Crippen molar-refractivity contribution in [3.8, 4) is 0 Å². The van der Waals surface area contributed by atoms with Crippen molar-refractivity contribution in [1.82, 2.24) is 19.6 Å². The average Bonchev–Trinajstić information content (AvgIpc) is 3.08. The van der Waals surface area contributed by atoms with Crippen molar-refractivity contribution < 1.29 is 4.79 Å². The number of aromatic amines is 1. The summed E-state index contributed by atoms with van der Waals surface area (Å²) in [6.07, 6.45) is 0.463. The zero-order chi connectivity index (χ0) is 19.7. The van der Waals surface area contributed by atoms with E-state index < -0.39 is 5.91 Å². The first-order chi connectivity index (χ1) is 13.5. The number of halogens is 1. The number of H-pyrrole nitrogens is 1. The quantitative estimate of drug-likeness (QED) is 0.556. The normalized spacial score (nSPS) is 10.9. The maximum Gasteiger partial charge on any atom is 0.277 e. The maximum atomic E-state index is 12.9. The van der Waals surface area contributed by atoms with E-state index in [1.165, 1.54) is 4.52 Å². The third kappa shape index (κ3) is 3.52. The van der Waals surface area contributed by atoms with Gasteiger partial charge in [0.15, 0.2) is 0 Å². The van der Waals surface area contributed by atoms with Crippen LogP contribution in [0.1, 0.15) is 27.2 Å². The Balaban J connectivity index is 1.66. The summed E-state index contributed by atoms with van der Waals surface area (Å²) in [6, 6.07) is 16.2. The lowest BCUT2D eigenvalue weighted by Crippen LogP contribution is -2.22. The van der Waals surface area contributed by atoms with Gasteiger partial charge in [-0.3, -0.25) is 20.0 Å². The highest BCUT2D eigenvalue weighted by atomic mass is 35.5. The molecule has 4 rings (SSSR count). The molecule has 0 fully saturated rings. The van der Waals surface area contributed by atoms with Crippen LogP contribution in [0.3, 0.4) is 0 Å². The standard InChI is InChI=1S/C20H16ClN5O2/c1-12-16(10-13-6-3-2-4-7-13)18(28)26-20(22-12)24-19(25-26)23-17(27)14-8-5-9-15(21)11-14/h2-9,11H,10H2,1H3,(H2,22,23,24,25,27). The molecule has 7 nitrogen and oxygen atoms in total. The van der Waals surface area contributed by atoms with Gasteiger partial charge in [0.25, 0.3) is 17.2 Å². The first-order valence-electron chi connectivity index (χ1n) is 8.60. The van der Waals surface area contributed by atoms with Crippen molar-refractivity contribution in [2.75, 3.05) is 5.32 Å². The lowest BCUT2D eigenvalue weighted by Gasteiger charge is -2.04. The highest BCUT2D eigenvalue weighted by Crippen LogP contribution is 2.13. The Morgan fingerprint density at radius 3 is 2.68 bits per heavy atom. The number of carbonyl (C=O) groups is 1. The molecular weight excluding hydrogens is 378 g/mol. The van der Waals surface area contributed by atoms with Crippen LogP contribution in [-0.2, 0) is 6.42 Å². The number of benzene rings is 2. The first kappa shape index (κ1) is 17.9. The number of nitrogens with zero attached hydrogens (tertiary/aromatic N) is 3. The molecule has 0 spiro atoms. The van der Waals surface area contributed by atoms with Crippen molar-refractivity contribution in [2.24, 2.45) is 0 Å². The predicted octanol–water partition coefficient (Wildman–Crippen LogP) is 3.22. The third-order valence-corrected chi connectivity index (χ3v) is 4.57. The van der Waals surface area contributed by atoms with Gasteiger partial charge < -0.3 is 0 Å². The van der Waals surface area contributed by atoms with Crippen LogP contribution in [0.2, 0.25) is 5.02 Å². The van der Waals surface area contributed by atoms with E-state index in [0.717, 1.165) is 5.56 Å². The molecule has 140 valence electrons. The van der Waals surface area contributed by atoms with E-state index in [1.54, 1.807) is 31.2 Å². The molecular formula is C20H16ClN5O2. The second-order valence-corrected chi connectivity index (χ2v) is 6.75. The lowest BCUT2D eigenvalue weighted by atomic mass is 10.1. The Morgan fingerprint density at radius 1 is 1.14 bits per heavy atom. The summed E-state index contributed by atoms with van der Waals surface area (Å²) in [7, 11) is 0. The van der Waals surface area contributed by atoms with Crippen molar-refractivity contribution in [2.45, 2.75) is 13.3 Å². The fourth-order valence-corrected chi connectivity index (χ4v) is 3.11. The van der Waals surface area contributed by atoms with Crippen molar-refractivity contribution >= 4 is 29.2 Å². The van der Waals surface area contributed by atoms with Gasteiger partial charge in [0.05, 0.1) is 5.69 Å². The number of aryl methyl sites for hydroxylation is 1.